The van der Waals surface area contributed by atoms with E-state index in [2.05, 4.69) is 4.98 Å². The zero-order valence-electron chi connectivity index (χ0n) is 12.8. The third kappa shape index (κ3) is 2.56. The monoisotopic (exact) mass is 342 g/mol. The Labute approximate surface area is 143 Å². The average molecular weight is 343 g/mol. The molecule has 1 aromatic carbocycles. The van der Waals surface area contributed by atoms with Gasteiger partial charge in [0.2, 0.25) is 0 Å². The maximum Gasteiger partial charge on any atom is 0.254 e. The van der Waals surface area contributed by atoms with Gasteiger partial charge in [-0.25, -0.2) is 4.98 Å². The Morgan fingerprint density at radius 1 is 1.33 bits per heavy atom. The molecule has 1 aliphatic rings. The first-order chi connectivity index (χ1) is 11.6. The maximum atomic E-state index is 13.0. The van der Waals surface area contributed by atoms with E-state index in [1.54, 1.807) is 41.5 Å². The number of aromatic nitrogens is 1. The molecule has 1 amide bonds. The number of aliphatic hydroxyl groups is 1. The quantitative estimate of drug-likeness (QED) is 0.775. The number of pyridine rings is 1. The van der Waals surface area contributed by atoms with Gasteiger partial charge in [-0.3, -0.25) is 4.79 Å². The summed E-state index contributed by atoms with van der Waals surface area (Å²) in [6.07, 6.45) is 1.70. The predicted molar refractivity (Wildman–Crippen MR) is 91.0 cm³/mol. The highest BCUT2D eigenvalue weighted by molar-refractivity contribution is 6.35. The molecular formula is C18H15ClN2O3. The molecule has 1 fully saturated rings. The lowest BCUT2D eigenvalue weighted by Gasteiger charge is -2.17. The molecular weight excluding hydrogens is 328 g/mol. The van der Waals surface area contributed by atoms with Crippen LogP contribution in [0.3, 0.4) is 0 Å². The largest absolute Gasteiger partial charge is 0.463 e. The number of hydrogen-bond donors (Lipinski definition) is 1. The summed E-state index contributed by atoms with van der Waals surface area (Å²) in [5.41, 5.74) is 1.64. The van der Waals surface area contributed by atoms with E-state index in [0.717, 1.165) is 0 Å². The third-order valence-corrected chi connectivity index (χ3v) is 4.55. The van der Waals surface area contributed by atoms with Crippen molar-refractivity contribution in [2.75, 3.05) is 13.1 Å². The Morgan fingerprint density at radius 3 is 2.92 bits per heavy atom. The summed E-state index contributed by atoms with van der Waals surface area (Å²) in [7, 11) is 0. The van der Waals surface area contributed by atoms with Gasteiger partial charge in [0.15, 0.2) is 5.76 Å². The Kier molecular flexibility index (Phi) is 3.75. The number of amides is 1. The fourth-order valence-corrected chi connectivity index (χ4v) is 3.25. The lowest BCUT2D eigenvalue weighted by molar-refractivity contribution is 0.0767. The standard InChI is InChI=1S/C18H15ClN2O3/c19-14-4-1-3-12-13(18(23)21-7-6-11(22)10-21)9-15(20-17(12)14)16-5-2-8-24-16/h1-5,8-9,11,22H,6-7,10H2/t11-/m1/s1. The Balaban J connectivity index is 1.89. The number of halogens is 1. The molecule has 24 heavy (non-hydrogen) atoms. The summed E-state index contributed by atoms with van der Waals surface area (Å²) in [4.78, 5) is 19.2. The first-order valence-electron chi connectivity index (χ1n) is 7.74. The van der Waals surface area contributed by atoms with E-state index < -0.39 is 6.10 Å². The molecule has 2 aromatic heterocycles. The van der Waals surface area contributed by atoms with Crippen molar-refractivity contribution >= 4 is 28.4 Å². The molecule has 1 atom stereocenters. The molecule has 0 unspecified atom stereocenters. The van der Waals surface area contributed by atoms with Crippen LogP contribution in [0.25, 0.3) is 22.4 Å². The molecule has 122 valence electrons. The van der Waals surface area contributed by atoms with Crippen LogP contribution in [-0.4, -0.2) is 40.1 Å². The summed E-state index contributed by atoms with van der Waals surface area (Å²) in [5.74, 6) is 0.446. The van der Waals surface area contributed by atoms with Crippen molar-refractivity contribution in [2.24, 2.45) is 0 Å². The molecule has 0 saturated carbocycles. The van der Waals surface area contributed by atoms with E-state index in [0.29, 0.717) is 52.5 Å². The molecule has 0 spiro atoms. The molecule has 6 heteroatoms. The van der Waals surface area contributed by atoms with Gasteiger partial charge in [-0.2, -0.15) is 0 Å². The van der Waals surface area contributed by atoms with Crippen LogP contribution in [0.1, 0.15) is 16.8 Å². The van der Waals surface area contributed by atoms with Crippen LogP contribution in [0.4, 0.5) is 0 Å². The highest BCUT2D eigenvalue weighted by Crippen LogP contribution is 2.30. The van der Waals surface area contributed by atoms with Crippen molar-refractivity contribution in [1.82, 2.24) is 9.88 Å². The van der Waals surface area contributed by atoms with Gasteiger partial charge in [0.1, 0.15) is 5.69 Å². The molecule has 3 heterocycles. The van der Waals surface area contributed by atoms with Crippen LogP contribution < -0.4 is 0 Å². The number of benzene rings is 1. The lowest BCUT2D eigenvalue weighted by atomic mass is 10.1. The molecule has 1 saturated heterocycles. The number of nitrogens with zero attached hydrogens (tertiary/aromatic N) is 2. The molecule has 3 aromatic rings. The molecule has 1 aliphatic heterocycles. The summed E-state index contributed by atoms with van der Waals surface area (Å²) in [6, 6.07) is 10.7. The number of hydrogen-bond acceptors (Lipinski definition) is 4. The molecule has 0 bridgehead atoms. The van der Waals surface area contributed by atoms with Gasteiger partial charge in [-0.15, -0.1) is 0 Å². The van der Waals surface area contributed by atoms with Gasteiger partial charge in [0.25, 0.3) is 5.91 Å². The van der Waals surface area contributed by atoms with E-state index in [1.807, 2.05) is 6.07 Å². The van der Waals surface area contributed by atoms with E-state index in [4.69, 9.17) is 16.0 Å². The zero-order chi connectivity index (χ0) is 16.7. The van der Waals surface area contributed by atoms with Crippen LogP contribution in [0, 0.1) is 0 Å². The second-order valence-corrected chi connectivity index (χ2v) is 6.27. The second-order valence-electron chi connectivity index (χ2n) is 5.86. The number of para-hydroxylation sites is 1. The van der Waals surface area contributed by atoms with Crippen LogP contribution in [0.2, 0.25) is 5.02 Å². The minimum atomic E-state index is -0.463. The number of carbonyl (C=O) groups is 1. The summed E-state index contributed by atoms with van der Waals surface area (Å²) in [5, 5.41) is 10.9. The number of aliphatic hydroxyl groups excluding tert-OH is 1. The fourth-order valence-electron chi connectivity index (χ4n) is 3.04. The highest BCUT2D eigenvalue weighted by atomic mass is 35.5. The minimum absolute atomic E-state index is 0.131. The maximum absolute atomic E-state index is 13.0. The summed E-state index contributed by atoms with van der Waals surface area (Å²) < 4.78 is 5.42. The molecule has 4 rings (SSSR count). The SMILES string of the molecule is O=C(c1cc(-c2ccco2)nc2c(Cl)cccc12)N1CC[C@@H](O)C1. The normalized spacial score (nSPS) is 17.6. The smallest absolute Gasteiger partial charge is 0.254 e. The number of fused-ring (bicyclic) bond motifs is 1. The van der Waals surface area contributed by atoms with E-state index in [1.165, 1.54) is 0 Å². The third-order valence-electron chi connectivity index (χ3n) is 4.24. The van der Waals surface area contributed by atoms with E-state index in [9.17, 15) is 9.90 Å². The zero-order valence-corrected chi connectivity index (χ0v) is 13.5. The lowest BCUT2D eigenvalue weighted by Crippen LogP contribution is -2.29. The number of β-amino-alcohol motifs (C(OH)–C–C–N with tert-alkyl or cyclic N) is 1. The van der Waals surface area contributed by atoms with Crippen molar-refractivity contribution in [3.63, 3.8) is 0 Å². The van der Waals surface area contributed by atoms with Gasteiger partial charge in [0, 0.05) is 18.5 Å². The number of likely N-dealkylation sites (tertiary alicyclic amines) is 1. The van der Waals surface area contributed by atoms with Gasteiger partial charge in [0.05, 0.1) is 28.5 Å². The topological polar surface area (TPSA) is 66.6 Å². The van der Waals surface area contributed by atoms with Crippen LogP contribution in [-0.2, 0) is 0 Å². The number of carbonyl (C=O) groups excluding carboxylic acids is 1. The highest BCUT2D eigenvalue weighted by Gasteiger charge is 2.27. The van der Waals surface area contributed by atoms with Crippen molar-refractivity contribution < 1.29 is 14.3 Å². The Hall–Kier alpha value is -2.37. The van der Waals surface area contributed by atoms with Crippen LogP contribution in [0.5, 0.6) is 0 Å². The predicted octanol–water partition coefficient (Wildman–Crippen LogP) is 3.36. The van der Waals surface area contributed by atoms with Crippen molar-refractivity contribution in [1.29, 1.82) is 0 Å². The minimum Gasteiger partial charge on any atom is -0.463 e. The second kappa shape index (κ2) is 5.92. The average Bonchev–Trinajstić information content (AvgIpc) is 3.25. The van der Waals surface area contributed by atoms with Crippen LogP contribution >= 0.6 is 11.6 Å². The summed E-state index contributed by atoms with van der Waals surface area (Å²) in [6.45, 7) is 0.889. The van der Waals surface area contributed by atoms with Gasteiger partial charge >= 0.3 is 0 Å². The molecule has 0 aliphatic carbocycles. The number of rotatable bonds is 2. The Morgan fingerprint density at radius 2 is 2.21 bits per heavy atom. The molecule has 5 nitrogen and oxygen atoms in total. The van der Waals surface area contributed by atoms with E-state index >= 15 is 0 Å². The number of furan rings is 1. The van der Waals surface area contributed by atoms with E-state index in [-0.39, 0.29) is 5.91 Å². The molecule has 0 radical (unpaired) electrons. The van der Waals surface area contributed by atoms with Crippen molar-refractivity contribution in [3.8, 4) is 11.5 Å². The Bertz CT molecular complexity index is 908. The van der Waals surface area contributed by atoms with Gasteiger partial charge in [-0.1, -0.05) is 23.7 Å². The van der Waals surface area contributed by atoms with Crippen molar-refractivity contribution in [2.45, 2.75) is 12.5 Å². The summed E-state index contributed by atoms with van der Waals surface area (Å²) >= 11 is 6.29. The first kappa shape index (κ1) is 15.2. The first-order valence-corrected chi connectivity index (χ1v) is 8.12. The van der Waals surface area contributed by atoms with Gasteiger partial charge in [-0.05, 0) is 30.7 Å². The van der Waals surface area contributed by atoms with Gasteiger partial charge < -0.3 is 14.4 Å². The van der Waals surface area contributed by atoms with Crippen LogP contribution in [0.15, 0.2) is 47.1 Å². The van der Waals surface area contributed by atoms with Crippen molar-refractivity contribution in [3.05, 3.63) is 53.2 Å². The fraction of sp³-hybridized carbons (Fsp3) is 0.222. The molecule has 1 N–H and O–H groups in total.